The van der Waals surface area contributed by atoms with Gasteiger partial charge in [0.1, 0.15) is 5.82 Å². The molecule has 1 fully saturated rings. The van der Waals surface area contributed by atoms with Crippen LogP contribution in [0.5, 0.6) is 0 Å². The molecule has 5 nitrogen and oxygen atoms in total. The lowest BCUT2D eigenvalue weighted by Gasteiger charge is -2.32. The normalized spacial score (nSPS) is 14.8. The van der Waals surface area contributed by atoms with Gasteiger partial charge in [-0.3, -0.25) is 4.79 Å². The molecule has 0 atom stereocenters. The number of ether oxygens (including phenoxy) is 1. The summed E-state index contributed by atoms with van der Waals surface area (Å²) in [5, 5.41) is 0. The number of hydrogen-bond acceptors (Lipinski definition) is 3. The van der Waals surface area contributed by atoms with Crippen LogP contribution in [0.25, 0.3) is 5.69 Å². The molecule has 2 heterocycles. The monoisotopic (exact) mass is 409 g/mol. The highest BCUT2D eigenvalue weighted by molar-refractivity contribution is 5.96. The Hall–Kier alpha value is -1.89. The lowest BCUT2D eigenvalue weighted by Crippen LogP contribution is -2.41. The lowest BCUT2D eigenvalue weighted by molar-refractivity contribution is 0.00843. The molecule has 1 saturated heterocycles. The van der Waals surface area contributed by atoms with Crippen LogP contribution in [0.3, 0.4) is 0 Å². The summed E-state index contributed by atoms with van der Waals surface area (Å²) in [6, 6.07) is 8.25. The molecular formula is C21H29ClFN3O2. The molecule has 1 aliphatic heterocycles. The Morgan fingerprint density at radius 2 is 1.86 bits per heavy atom. The van der Waals surface area contributed by atoms with Crippen LogP contribution in [-0.2, 0) is 4.74 Å². The Labute approximate surface area is 172 Å². The van der Waals surface area contributed by atoms with Crippen molar-refractivity contribution in [1.82, 2.24) is 9.47 Å². The molecule has 2 N–H and O–H groups in total. The van der Waals surface area contributed by atoms with Gasteiger partial charge in [-0.05, 0) is 70.0 Å². The van der Waals surface area contributed by atoms with Gasteiger partial charge in [-0.1, -0.05) is 0 Å². The summed E-state index contributed by atoms with van der Waals surface area (Å²) >= 11 is 0. The molecule has 28 heavy (non-hydrogen) atoms. The molecule has 154 valence electrons. The summed E-state index contributed by atoms with van der Waals surface area (Å²) in [4.78, 5) is 14.9. The summed E-state index contributed by atoms with van der Waals surface area (Å²) < 4.78 is 21.0. The fourth-order valence-corrected chi connectivity index (χ4v) is 3.70. The largest absolute Gasteiger partial charge is 0.378 e. The van der Waals surface area contributed by atoms with Gasteiger partial charge in [0, 0.05) is 36.8 Å². The summed E-state index contributed by atoms with van der Waals surface area (Å²) in [5.74, 6) is -0.217. The maximum absolute atomic E-state index is 13.2. The number of amides is 1. The van der Waals surface area contributed by atoms with E-state index < -0.39 is 0 Å². The van der Waals surface area contributed by atoms with Crippen molar-refractivity contribution in [2.24, 2.45) is 5.73 Å². The van der Waals surface area contributed by atoms with Crippen LogP contribution >= 0.6 is 12.4 Å². The van der Waals surface area contributed by atoms with E-state index in [0.29, 0.717) is 31.8 Å². The maximum Gasteiger partial charge on any atom is 0.255 e. The molecule has 0 spiro atoms. The van der Waals surface area contributed by atoms with Crippen molar-refractivity contribution in [3.05, 3.63) is 53.1 Å². The van der Waals surface area contributed by atoms with Crippen molar-refractivity contribution >= 4 is 18.3 Å². The maximum atomic E-state index is 13.2. The van der Waals surface area contributed by atoms with Crippen molar-refractivity contribution in [3.8, 4) is 5.69 Å². The first kappa shape index (κ1) is 22.4. The molecule has 1 aliphatic rings. The zero-order valence-electron chi connectivity index (χ0n) is 16.5. The van der Waals surface area contributed by atoms with Crippen molar-refractivity contribution in [3.63, 3.8) is 0 Å². The molecular weight excluding hydrogens is 381 g/mol. The average Bonchev–Trinajstić information content (AvgIpc) is 2.97. The Bertz CT molecular complexity index is 784. The fourth-order valence-electron chi connectivity index (χ4n) is 3.70. The Morgan fingerprint density at radius 1 is 1.21 bits per heavy atom. The number of halogens is 2. The molecule has 7 heteroatoms. The highest BCUT2D eigenvalue weighted by Crippen LogP contribution is 2.24. The third kappa shape index (κ3) is 4.93. The number of rotatable bonds is 6. The van der Waals surface area contributed by atoms with Crippen molar-refractivity contribution in [2.45, 2.75) is 39.2 Å². The van der Waals surface area contributed by atoms with E-state index in [9.17, 15) is 9.18 Å². The molecule has 0 saturated carbocycles. The van der Waals surface area contributed by atoms with Gasteiger partial charge in [0.25, 0.3) is 5.91 Å². The Morgan fingerprint density at radius 3 is 2.46 bits per heavy atom. The van der Waals surface area contributed by atoms with Crippen molar-refractivity contribution in [1.29, 1.82) is 0 Å². The summed E-state index contributed by atoms with van der Waals surface area (Å²) in [7, 11) is 0. The van der Waals surface area contributed by atoms with Gasteiger partial charge in [0.05, 0.1) is 11.7 Å². The zero-order chi connectivity index (χ0) is 19.4. The van der Waals surface area contributed by atoms with E-state index >= 15 is 0 Å². The minimum Gasteiger partial charge on any atom is -0.378 e. The van der Waals surface area contributed by atoms with Gasteiger partial charge in [-0.2, -0.15) is 0 Å². The number of likely N-dealkylation sites (tertiary alicyclic amines) is 1. The van der Waals surface area contributed by atoms with E-state index in [2.05, 4.69) is 0 Å². The SMILES string of the molecule is Cc1cc(C(=O)N2CCC(OCCCN)CC2)c(C)n1-c1ccc(F)cc1.Cl. The topological polar surface area (TPSA) is 60.5 Å². The Balaban J connectivity index is 0.00000280. The van der Waals surface area contributed by atoms with Gasteiger partial charge in [0.2, 0.25) is 0 Å². The van der Waals surface area contributed by atoms with Crippen molar-refractivity contribution < 1.29 is 13.9 Å². The van der Waals surface area contributed by atoms with Crippen LogP contribution in [0.4, 0.5) is 4.39 Å². The van der Waals surface area contributed by atoms with Crippen LogP contribution in [0, 0.1) is 19.7 Å². The first-order valence-corrected chi connectivity index (χ1v) is 9.57. The highest BCUT2D eigenvalue weighted by atomic mass is 35.5. The molecule has 0 radical (unpaired) electrons. The number of hydrogen-bond donors (Lipinski definition) is 1. The molecule has 1 amide bonds. The van der Waals surface area contributed by atoms with Crippen molar-refractivity contribution in [2.75, 3.05) is 26.2 Å². The molecule has 0 aliphatic carbocycles. The van der Waals surface area contributed by atoms with Gasteiger partial charge in [-0.25, -0.2) is 4.39 Å². The third-order valence-electron chi connectivity index (χ3n) is 5.18. The molecule has 0 unspecified atom stereocenters. The van der Waals surface area contributed by atoms with E-state index in [4.69, 9.17) is 10.5 Å². The third-order valence-corrected chi connectivity index (χ3v) is 5.18. The minimum absolute atomic E-state index is 0. The Kier molecular flexibility index (Phi) is 8.04. The minimum atomic E-state index is -0.269. The average molecular weight is 410 g/mol. The second-order valence-electron chi connectivity index (χ2n) is 7.10. The lowest BCUT2D eigenvalue weighted by atomic mass is 10.1. The smallest absolute Gasteiger partial charge is 0.255 e. The van der Waals surface area contributed by atoms with E-state index in [1.165, 1.54) is 12.1 Å². The second kappa shape index (κ2) is 10.0. The number of nitrogens with two attached hydrogens (primary N) is 1. The number of benzene rings is 1. The number of piperidine rings is 1. The van der Waals surface area contributed by atoms with Crippen LogP contribution in [-0.4, -0.2) is 47.7 Å². The van der Waals surface area contributed by atoms with E-state index in [1.54, 1.807) is 12.1 Å². The van der Waals surface area contributed by atoms with E-state index in [0.717, 1.165) is 36.3 Å². The number of aryl methyl sites for hydroxylation is 1. The molecule has 2 aromatic rings. The van der Waals surface area contributed by atoms with E-state index in [1.807, 2.05) is 29.4 Å². The van der Waals surface area contributed by atoms with Gasteiger partial charge in [0.15, 0.2) is 0 Å². The standard InChI is InChI=1S/C21H28FN3O2.ClH/c1-15-14-20(16(2)25(15)18-6-4-17(22)5-7-18)21(26)24-11-8-19(9-12-24)27-13-3-10-23;/h4-7,14,19H,3,8-13,23H2,1-2H3;1H. The number of aromatic nitrogens is 1. The van der Waals surface area contributed by atoms with Gasteiger partial charge >= 0.3 is 0 Å². The van der Waals surface area contributed by atoms with Gasteiger partial charge < -0.3 is 19.9 Å². The van der Waals surface area contributed by atoms with Gasteiger partial charge in [-0.15, -0.1) is 12.4 Å². The molecule has 3 rings (SSSR count). The molecule has 1 aromatic carbocycles. The van der Waals surface area contributed by atoms with Crippen LogP contribution < -0.4 is 5.73 Å². The predicted octanol–water partition coefficient (Wildman–Crippen LogP) is 3.63. The summed E-state index contributed by atoms with van der Waals surface area (Å²) in [5.41, 5.74) is 8.90. The molecule has 1 aromatic heterocycles. The van der Waals surface area contributed by atoms with Crippen LogP contribution in [0.2, 0.25) is 0 Å². The second-order valence-corrected chi connectivity index (χ2v) is 7.10. The molecule has 0 bridgehead atoms. The quantitative estimate of drug-likeness (QED) is 0.741. The van der Waals surface area contributed by atoms with Crippen LogP contribution in [0.1, 0.15) is 41.0 Å². The number of carbonyl (C=O) groups excluding carboxylic acids is 1. The predicted molar refractivity (Wildman–Crippen MR) is 111 cm³/mol. The summed E-state index contributed by atoms with van der Waals surface area (Å²) in [6.07, 6.45) is 2.79. The summed E-state index contributed by atoms with van der Waals surface area (Å²) in [6.45, 7) is 6.63. The number of nitrogens with zero attached hydrogens (tertiary/aromatic N) is 2. The van der Waals surface area contributed by atoms with Crippen LogP contribution in [0.15, 0.2) is 30.3 Å². The fraction of sp³-hybridized carbons (Fsp3) is 0.476. The zero-order valence-corrected chi connectivity index (χ0v) is 17.3. The van der Waals surface area contributed by atoms with E-state index in [-0.39, 0.29) is 30.2 Å². The number of carbonyl (C=O) groups is 1. The first-order valence-electron chi connectivity index (χ1n) is 9.57. The highest BCUT2D eigenvalue weighted by Gasteiger charge is 2.26. The first-order chi connectivity index (χ1) is 13.0.